The largest absolute Gasteiger partial charge is 0.327 e. The van der Waals surface area contributed by atoms with E-state index in [4.69, 9.17) is 0 Å². The van der Waals surface area contributed by atoms with Crippen LogP contribution in [0.15, 0.2) is 54.9 Å². The highest BCUT2D eigenvalue weighted by Crippen LogP contribution is 2.31. The normalized spacial score (nSPS) is 11.9. The van der Waals surface area contributed by atoms with Gasteiger partial charge in [0.05, 0.1) is 11.6 Å². The Labute approximate surface area is 169 Å². The number of halogens is 5. The first-order valence-electron chi connectivity index (χ1n) is 9.14. The Morgan fingerprint density at radius 1 is 0.967 bits per heavy atom. The van der Waals surface area contributed by atoms with Crippen LogP contribution in [-0.2, 0) is 0 Å². The third-order valence-corrected chi connectivity index (χ3v) is 4.56. The first-order valence-corrected chi connectivity index (χ1v) is 9.14. The number of amides is 1. The summed E-state index contributed by atoms with van der Waals surface area (Å²) in [5.74, 6) is -9.03. The van der Waals surface area contributed by atoms with Crippen LogP contribution in [0.5, 0.6) is 0 Å². The fraction of sp³-hybridized carbons (Fsp3) is 0.182. The number of rotatable bonds is 6. The van der Waals surface area contributed by atoms with Gasteiger partial charge in [-0.15, -0.1) is 0 Å². The van der Waals surface area contributed by atoms with E-state index in [1.807, 2.05) is 0 Å². The summed E-state index contributed by atoms with van der Waals surface area (Å²) in [6.45, 7) is 1.84. The molecule has 0 fully saturated rings. The number of benzene rings is 2. The smallest absolute Gasteiger partial charge is 0.257 e. The second kappa shape index (κ2) is 9.02. The second-order valence-corrected chi connectivity index (χ2v) is 6.59. The SMILES string of the molecule is CCCN(C(=O)c1cc(F)c(F)c(F)c1F)C(c1ccc(F)cc1)c1cccnc1. The van der Waals surface area contributed by atoms with E-state index in [2.05, 4.69) is 4.98 Å². The van der Waals surface area contributed by atoms with Gasteiger partial charge in [0, 0.05) is 18.9 Å². The van der Waals surface area contributed by atoms with Crippen LogP contribution < -0.4 is 0 Å². The van der Waals surface area contributed by atoms with Crippen LogP contribution in [0.4, 0.5) is 22.0 Å². The molecule has 30 heavy (non-hydrogen) atoms. The topological polar surface area (TPSA) is 33.2 Å². The summed E-state index contributed by atoms with van der Waals surface area (Å²) in [5.41, 5.74) is 0.0693. The van der Waals surface area contributed by atoms with E-state index in [-0.39, 0.29) is 6.54 Å². The van der Waals surface area contributed by atoms with E-state index < -0.39 is 46.6 Å². The lowest BCUT2D eigenvalue weighted by atomic mass is 9.97. The quantitative estimate of drug-likeness (QED) is 0.303. The molecule has 3 nitrogen and oxygen atoms in total. The van der Waals surface area contributed by atoms with Crippen molar-refractivity contribution in [3.05, 3.63) is 101 Å². The molecule has 0 bridgehead atoms. The molecule has 0 aliphatic carbocycles. The van der Waals surface area contributed by atoms with Gasteiger partial charge in [0.2, 0.25) is 0 Å². The molecule has 3 aromatic rings. The van der Waals surface area contributed by atoms with Crippen LogP contribution in [-0.4, -0.2) is 22.3 Å². The number of hydrogen-bond donors (Lipinski definition) is 0. The van der Waals surface area contributed by atoms with Gasteiger partial charge in [-0.2, -0.15) is 0 Å². The molecule has 8 heteroatoms. The molecule has 0 aliphatic rings. The first-order chi connectivity index (χ1) is 14.3. The van der Waals surface area contributed by atoms with Crippen molar-refractivity contribution in [3.63, 3.8) is 0 Å². The molecule has 2 aromatic carbocycles. The molecular formula is C22H17F5N2O. The van der Waals surface area contributed by atoms with E-state index in [1.54, 1.807) is 19.1 Å². The Morgan fingerprint density at radius 2 is 1.67 bits per heavy atom. The summed E-state index contributed by atoms with van der Waals surface area (Å²) in [6.07, 6.45) is 3.42. The van der Waals surface area contributed by atoms with Gasteiger partial charge >= 0.3 is 0 Å². The zero-order chi connectivity index (χ0) is 21.8. The predicted octanol–water partition coefficient (Wildman–Crippen LogP) is 5.42. The number of aromatic nitrogens is 1. The van der Waals surface area contributed by atoms with Gasteiger partial charge in [-0.3, -0.25) is 9.78 Å². The Morgan fingerprint density at radius 3 is 2.27 bits per heavy atom. The molecule has 0 aliphatic heterocycles. The number of carbonyl (C=O) groups excluding carboxylic acids is 1. The maximum Gasteiger partial charge on any atom is 0.257 e. The Balaban J connectivity index is 2.16. The van der Waals surface area contributed by atoms with E-state index in [9.17, 15) is 26.7 Å². The predicted molar refractivity (Wildman–Crippen MR) is 100 cm³/mol. The molecule has 0 radical (unpaired) electrons. The van der Waals surface area contributed by atoms with Crippen molar-refractivity contribution in [1.29, 1.82) is 0 Å². The van der Waals surface area contributed by atoms with Gasteiger partial charge in [-0.25, -0.2) is 22.0 Å². The van der Waals surface area contributed by atoms with Crippen molar-refractivity contribution < 1.29 is 26.7 Å². The lowest BCUT2D eigenvalue weighted by molar-refractivity contribution is 0.0699. The molecule has 1 unspecified atom stereocenters. The summed E-state index contributed by atoms with van der Waals surface area (Å²) >= 11 is 0. The molecule has 156 valence electrons. The zero-order valence-electron chi connectivity index (χ0n) is 15.9. The standard InChI is InChI=1S/C22H17F5N2O/c1-2-10-29(22(30)16-11-17(24)19(26)20(27)18(16)25)21(14-4-3-9-28-12-14)13-5-7-15(23)8-6-13/h3-9,11-12,21H,2,10H2,1H3. The van der Waals surface area contributed by atoms with Crippen LogP contribution >= 0.6 is 0 Å². The number of carbonyl (C=O) groups is 1. The summed E-state index contributed by atoms with van der Waals surface area (Å²) in [5, 5.41) is 0. The molecular weight excluding hydrogens is 403 g/mol. The van der Waals surface area contributed by atoms with Gasteiger partial charge in [-0.05, 0) is 41.8 Å². The number of nitrogens with zero attached hydrogens (tertiary/aromatic N) is 2. The minimum absolute atomic E-state index is 0.0792. The van der Waals surface area contributed by atoms with Gasteiger partial charge in [0.25, 0.3) is 5.91 Å². The van der Waals surface area contributed by atoms with Crippen molar-refractivity contribution in [2.75, 3.05) is 6.54 Å². The van der Waals surface area contributed by atoms with Crippen LogP contribution in [0.3, 0.4) is 0 Å². The van der Waals surface area contributed by atoms with Crippen LogP contribution in [0.25, 0.3) is 0 Å². The molecule has 3 rings (SSSR count). The molecule has 1 aromatic heterocycles. The van der Waals surface area contributed by atoms with Crippen molar-refractivity contribution >= 4 is 5.91 Å². The maximum absolute atomic E-state index is 14.3. The molecule has 0 spiro atoms. The van der Waals surface area contributed by atoms with Gasteiger partial charge in [-0.1, -0.05) is 25.1 Å². The highest BCUT2D eigenvalue weighted by molar-refractivity contribution is 5.95. The maximum atomic E-state index is 14.3. The van der Waals surface area contributed by atoms with Crippen molar-refractivity contribution in [2.45, 2.75) is 19.4 Å². The summed E-state index contributed by atoms with van der Waals surface area (Å²) < 4.78 is 68.6. The van der Waals surface area contributed by atoms with E-state index in [0.29, 0.717) is 23.6 Å². The van der Waals surface area contributed by atoms with E-state index in [0.717, 1.165) is 0 Å². The average Bonchev–Trinajstić information content (AvgIpc) is 2.76. The summed E-state index contributed by atoms with van der Waals surface area (Å²) in [6, 6.07) is 8.08. The molecule has 0 saturated carbocycles. The first kappa shape index (κ1) is 21.4. The molecule has 0 N–H and O–H groups in total. The molecule has 1 amide bonds. The number of pyridine rings is 1. The lowest BCUT2D eigenvalue weighted by Crippen LogP contribution is -2.37. The highest BCUT2D eigenvalue weighted by Gasteiger charge is 2.31. The van der Waals surface area contributed by atoms with Crippen LogP contribution in [0.2, 0.25) is 0 Å². The monoisotopic (exact) mass is 420 g/mol. The van der Waals surface area contributed by atoms with Gasteiger partial charge in [0.1, 0.15) is 5.82 Å². The van der Waals surface area contributed by atoms with E-state index >= 15 is 0 Å². The Hall–Kier alpha value is -3.29. The van der Waals surface area contributed by atoms with Crippen molar-refractivity contribution in [1.82, 2.24) is 9.88 Å². The fourth-order valence-electron chi connectivity index (χ4n) is 3.21. The lowest BCUT2D eigenvalue weighted by Gasteiger charge is -2.32. The minimum Gasteiger partial charge on any atom is -0.327 e. The second-order valence-electron chi connectivity index (χ2n) is 6.59. The van der Waals surface area contributed by atoms with Crippen LogP contribution in [0, 0.1) is 29.1 Å². The summed E-state index contributed by atoms with van der Waals surface area (Å²) in [7, 11) is 0. The van der Waals surface area contributed by atoms with Crippen LogP contribution in [0.1, 0.15) is 40.9 Å². The number of hydrogen-bond acceptors (Lipinski definition) is 2. The summed E-state index contributed by atoms with van der Waals surface area (Å²) in [4.78, 5) is 18.4. The highest BCUT2D eigenvalue weighted by atomic mass is 19.2. The van der Waals surface area contributed by atoms with Crippen molar-refractivity contribution in [3.8, 4) is 0 Å². The third-order valence-electron chi connectivity index (χ3n) is 4.56. The Bertz CT molecular complexity index is 1040. The van der Waals surface area contributed by atoms with E-state index in [1.165, 1.54) is 41.6 Å². The molecule has 1 atom stereocenters. The fourth-order valence-corrected chi connectivity index (χ4v) is 3.21. The third kappa shape index (κ3) is 4.17. The zero-order valence-corrected chi connectivity index (χ0v) is 15.9. The molecule has 1 heterocycles. The minimum atomic E-state index is -2.06. The van der Waals surface area contributed by atoms with Gasteiger partial charge in [0.15, 0.2) is 23.3 Å². The Kier molecular flexibility index (Phi) is 6.44. The average molecular weight is 420 g/mol. The molecule has 0 saturated heterocycles. The van der Waals surface area contributed by atoms with Crippen molar-refractivity contribution in [2.24, 2.45) is 0 Å². The van der Waals surface area contributed by atoms with Gasteiger partial charge < -0.3 is 4.90 Å².